The van der Waals surface area contributed by atoms with Crippen LogP contribution in [-0.4, -0.2) is 20.9 Å². The number of carbonyl (C=O) groups excluding carboxylic acids is 1. The summed E-state index contributed by atoms with van der Waals surface area (Å²) in [5.41, 5.74) is 1.49. The maximum absolute atomic E-state index is 14.1. The van der Waals surface area contributed by atoms with Crippen LogP contribution in [0.1, 0.15) is 27.9 Å². The molecule has 9 heteroatoms. The molecule has 3 aromatic carbocycles. The Bertz CT molecular complexity index is 1350. The van der Waals surface area contributed by atoms with Crippen LogP contribution in [0.15, 0.2) is 65.6 Å². The van der Waals surface area contributed by atoms with Crippen LogP contribution in [0.4, 0.5) is 15.8 Å². The highest BCUT2D eigenvalue weighted by atomic mass is 35.5. The first-order valence-corrected chi connectivity index (χ1v) is 11.5. The van der Waals surface area contributed by atoms with Crippen molar-refractivity contribution in [2.75, 3.05) is 16.2 Å². The second-order valence-corrected chi connectivity index (χ2v) is 9.48. The molecule has 1 amide bonds. The average molecular weight is 470 g/mol. The number of carbonyl (C=O) groups is 1. The molecular weight excluding hydrogens is 453 g/mol. The van der Waals surface area contributed by atoms with Gasteiger partial charge >= 0.3 is 0 Å². The zero-order valence-corrected chi connectivity index (χ0v) is 18.3. The molecule has 0 unspecified atom stereocenters. The van der Waals surface area contributed by atoms with Crippen molar-refractivity contribution in [3.05, 3.63) is 88.2 Å². The fourth-order valence-corrected chi connectivity index (χ4v) is 5.46. The lowest BCUT2D eigenvalue weighted by atomic mass is 10.0. The maximum Gasteiger partial charge on any atom is 0.264 e. The smallest absolute Gasteiger partial charge is 0.264 e. The molecule has 0 aromatic heterocycles. The van der Waals surface area contributed by atoms with E-state index in [-0.39, 0.29) is 27.6 Å². The summed E-state index contributed by atoms with van der Waals surface area (Å²) < 4.78 is 42.0. The van der Waals surface area contributed by atoms with E-state index in [9.17, 15) is 17.6 Å². The van der Waals surface area contributed by atoms with Gasteiger partial charge in [-0.3, -0.25) is 9.10 Å². The number of aryl methyl sites for hydroxylation is 1. The summed E-state index contributed by atoms with van der Waals surface area (Å²) in [6, 6.07) is 16.6. The number of nitrogens with one attached hydrogen (secondary N) is 1. The zero-order chi connectivity index (χ0) is 22.9. The van der Waals surface area contributed by atoms with Crippen LogP contribution in [0.3, 0.4) is 0 Å². The van der Waals surface area contributed by atoms with Gasteiger partial charge in [-0.15, -0.1) is 0 Å². The number of hydrogen-bond acceptors (Lipinski definition) is 4. The highest BCUT2D eigenvalue weighted by Crippen LogP contribution is 2.34. The van der Waals surface area contributed by atoms with Gasteiger partial charge in [0.1, 0.15) is 5.82 Å². The van der Waals surface area contributed by atoms with Crippen molar-refractivity contribution in [1.82, 2.24) is 0 Å². The van der Waals surface area contributed by atoms with Gasteiger partial charge in [-0.25, -0.2) is 12.8 Å². The van der Waals surface area contributed by atoms with Crippen LogP contribution < -0.4 is 9.62 Å². The first kappa shape index (κ1) is 21.8. The van der Waals surface area contributed by atoms with E-state index >= 15 is 0 Å². The molecule has 1 N–H and O–H groups in total. The molecule has 3 aromatic rings. The number of nitriles is 1. The number of amides is 1. The van der Waals surface area contributed by atoms with Crippen LogP contribution in [0.25, 0.3) is 0 Å². The summed E-state index contributed by atoms with van der Waals surface area (Å²) in [5.74, 6) is -1.49. The van der Waals surface area contributed by atoms with Gasteiger partial charge in [0, 0.05) is 12.2 Å². The zero-order valence-electron chi connectivity index (χ0n) is 16.7. The topological polar surface area (TPSA) is 90.3 Å². The largest absolute Gasteiger partial charge is 0.322 e. The Hall–Kier alpha value is -3.41. The van der Waals surface area contributed by atoms with Crippen molar-refractivity contribution in [2.45, 2.75) is 17.7 Å². The van der Waals surface area contributed by atoms with E-state index in [1.54, 1.807) is 18.2 Å². The van der Waals surface area contributed by atoms with Crippen molar-refractivity contribution in [3.8, 4) is 6.07 Å². The van der Waals surface area contributed by atoms with Crippen molar-refractivity contribution in [1.29, 1.82) is 5.26 Å². The molecule has 1 heterocycles. The normalized spacial score (nSPS) is 13.2. The molecule has 4 rings (SSSR count). The number of fused-ring (bicyclic) bond motifs is 1. The summed E-state index contributed by atoms with van der Waals surface area (Å²) in [5, 5.41) is 11.7. The summed E-state index contributed by atoms with van der Waals surface area (Å²) in [6.45, 7) is 0.253. The molecule has 0 spiro atoms. The molecule has 0 saturated carbocycles. The van der Waals surface area contributed by atoms with E-state index in [0.717, 1.165) is 11.6 Å². The van der Waals surface area contributed by atoms with Gasteiger partial charge in [-0.2, -0.15) is 5.26 Å². The molecule has 6 nitrogen and oxygen atoms in total. The number of halogens is 2. The molecule has 1 aliphatic heterocycles. The Balaban J connectivity index is 1.70. The van der Waals surface area contributed by atoms with Gasteiger partial charge in [0.25, 0.3) is 15.9 Å². The minimum absolute atomic E-state index is 0.0111. The minimum atomic E-state index is -3.93. The Morgan fingerprint density at radius 1 is 1.12 bits per heavy atom. The lowest BCUT2D eigenvalue weighted by Gasteiger charge is -2.31. The highest BCUT2D eigenvalue weighted by Gasteiger charge is 2.30. The number of nitrogens with zero attached hydrogens (tertiary/aromatic N) is 2. The SMILES string of the molecule is N#Cc1cccc(S(=O)(=O)N2CCCc3ccc(NC(=O)c4c(F)cccc4Cl)cc32)c1. The minimum Gasteiger partial charge on any atom is -0.322 e. The summed E-state index contributed by atoms with van der Waals surface area (Å²) in [6.07, 6.45) is 1.30. The van der Waals surface area contributed by atoms with E-state index in [4.69, 9.17) is 16.9 Å². The monoisotopic (exact) mass is 469 g/mol. The molecule has 0 atom stereocenters. The van der Waals surface area contributed by atoms with E-state index in [1.165, 1.54) is 40.7 Å². The number of sulfonamides is 1. The fourth-order valence-electron chi connectivity index (χ4n) is 3.63. The van der Waals surface area contributed by atoms with Crippen LogP contribution in [0.5, 0.6) is 0 Å². The number of hydrogen-bond donors (Lipinski definition) is 1. The van der Waals surface area contributed by atoms with Crippen molar-refractivity contribution in [3.63, 3.8) is 0 Å². The van der Waals surface area contributed by atoms with Crippen molar-refractivity contribution >= 4 is 38.9 Å². The van der Waals surface area contributed by atoms with Gasteiger partial charge in [-0.05, 0) is 60.9 Å². The van der Waals surface area contributed by atoms with E-state index in [1.807, 2.05) is 6.07 Å². The molecule has 162 valence electrons. The summed E-state index contributed by atoms with van der Waals surface area (Å²) in [4.78, 5) is 12.6. The first-order valence-electron chi connectivity index (χ1n) is 9.72. The van der Waals surface area contributed by atoms with Gasteiger partial charge < -0.3 is 5.32 Å². The predicted molar refractivity (Wildman–Crippen MR) is 120 cm³/mol. The van der Waals surface area contributed by atoms with Crippen LogP contribution in [0, 0.1) is 17.1 Å². The van der Waals surface area contributed by atoms with Gasteiger partial charge in [-0.1, -0.05) is 29.8 Å². The third-order valence-electron chi connectivity index (χ3n) is 5.16. The number of rotatable bonds is 4. The maximum atomic E-state index is 14.1. The highest BCUT2D eigenvalue weighted by molar-refractivity contribution is 7.92. The quantitative estimate of drug-likeness (QED) is 0.597. The van der Waals surface area contributed by atoms with Gasteiger partial charge in [0.15, 0.2) is 0 Å². The van der Waals surface area contributed by atoms with Crippen LogP contribution in [-0.2, 0) is 16.4 Å². The first-order chi connectivity index (χ1) is 15.3. The van der Waals surface area contributed by atoms with Gasteiger partial charge in [0.2, 0.25) is 0 Å². The molecule has 1 aliphatic rings. The molecule has 0 bridgehead atoms. The Morgan fingerprint density at radius 2 is 1.91 bits per heavy atom. The Kier molecular flexibility index (Phi) is 5.87. The molecule has 32 heavy (non-hydrogen) atoms. The summed E-state index contributed by atoms with van der Waals surface area (Å²) in [7, 11) is -3.93. The molecular formula is C23H17ClFN3O3S. The van der Waals surface area contributed by atoms with E-state index in [2.05, 4.69) is 5.32 Å². The Morgan fingerprint density at radius 3 is 2.66 bits per heavy atom. The van der Waals surface area contributed by atoms with Gasteiger partial charge in [0.05, 0.1) is 32.8 Å². The summed E-state index contributed by atoms with van der Waals surface area (Å²) >= 11 is 5.97. The average Bonchev–Trinajstić information content (AvgIpc) is 2.78. The van der Waals surface area contributed by atoms with E-state index in [0.29, 0.717) is 24.2 Å². The number of anilines is 2. The van der Waals surface area contributed by atoms with Crippen molar-refractivity contribution < 1.29 is 17.6 Å². The van der Waals surface area contributed by atoms with E-state index < -0.39 is 21.7 Å². The third kappa shape index (κ3) is 4.05. The third-order valence-corrected chi connectivity index (χ3v) is 7.28. The van der Waals surface area contributed by atoms with Crippen molar-refractivity contribution in [2.24, 2.45) is 0 Å². The molecule has 0 saturated heterocycles. The lowest BCUT2D eigenvalue weighted by molar-refractivity contribution is 0.102. The standard InChI is InChI=1S/C23H17ClFN3O3S/c24-19-7-2-8-20(25)22(19)23(29)27-17-10-9-16-5-3-11-28(21(16)13-17)32(30,31)18-6-1-4-15(12-18)14-26/h1-2,4,6-10,12-13H,3,5,11H2,(H,27,29). The fraction of sp³-hybridized carbons (Fsp3) is 0.130. The number of benzene rings is 3. The predicted octanol–water partition coefficient (Wildman–Crippen LogP) is 4.74. The second-order valence-electron chi connectivity index (χ2n) is 7.21. The van der Waals surface area contributed by atoms with Crippen LogP contribution >= 0.6 is 11.6 Å². The molecule has 0 radical (unpaired) electrons. The molecule has 0 fully saturated rings. The molecule has 0 aliphatic carbocycles. The second kappa shape index (κ2) is 8.61. The Labute approximate surface area is 189 Å². The lowest BCUT2D eigenvalue weighted by Crippen LogP contribution is -2.35. The van der Waals surface area contributed by atoms with Crippen LogP contribution in [0.2, 0.25) is 5.02 Å².